The lowest BCUT2D eigenvalue weighted by molar-refractivity contribution is 0.0513. The summed E-state index contributed by atoms with van der Waals surface area (Å²) in [4.78, 5) is 4.24. The summed E-state index contributed by atoms with van der Waals surface area (Å²) in [6.45, 7) is 8.58. The minimum atomic E-state index is -0.943. The number of aromatic nitrogens is 1. The van der Waals surface area contributed by atoms with Gasteiger partial charge in [0.15, 0.2) is 0 Å². The average molecular weight is 258 g/mol. The lowest BCUT2D eigenvalue weighted by Gasteiger charge is -2.30. The van der Waals surface area contributed by atoms with Gasteiger partial charge < -0.3 is 10.4 Å². The predicted octanol–water partition coefficient (Wildman–Crippen LogP) is 2.83. The van der Waals surface area contributed by atoms with Gasteiger partial charge in [-0.15, -0.1) is 0 Å². The van der Waals surface area contributed by atoms with Gasteiger partial charge in [0.25, 0.3) is 0 Å². The number of nitrogens with one attached hydrogen (secondary N) is 1. The Kier molecular flexibility index (Phi) is 3.61. The number of rotatable bonds is 3. The highest BCUT2D eigenvalue weighted by molar-refractivity contribution is 5.85. The van der Waals surface area contributed by atoms with Crippen molar-refractivity contribution in [1.82, 2.24) is 10.3 Å². The Hall–Kier alpha value is -1.45. The van der Waals surface area contributed by atoms with Crippen molar-refractivity contribution in [3.05, 3.63) is 42.2 Å². The molecule has 0 fully saturated rings. The van der Waals surface area contributed by atoms with E-state index >= 15 is 0 Å². The van der Waals surface area contributed by atoms with Crippen molar-refractivity contribution in [3.63, 3.8) is 0 Å². The van der Waals surface area contributed by atoms with E-state index < -0.39 is 5.60 Å². The molecule has 0 radical (unpaired) electrons. The molecule has 0 aliphatic heterocycles. The molecule has 2 rings (SSSR count). The molecule has 0 saturated carbocycles. The van der Waals surface area contributed by atoms with Crippen LogP contribution in [0.1, 0.15) is 33.3 Å². The van der Waals surface area contributed by atoms with Crippen LogP contribution < -0.4 is 5.32 Å². The molecule has 102 valence electrons. The van der Waals surface area contributed by atoms with Gasteiger partial charge in [-0.2, -0.15) is 0 Å². The van der Waals surface area contributed by atoms with Crippen molar-refractivity contribution in [3.8, 4) is 0 Å². The number of pyridine rings is 1. The van der Waals surface area contributed by atoms with Crippen LogP contribution in [0.2, 0.25) is 0 Å². The van der Waals surface area contributed by atoms with Crippen LogP contribution in [0, 0.1) is 0 Å². The highest BCUT2D eigenvalue weighted by Gasteiger charge is 2.27. The largest absolute Gasteiger partial charge is 0.384 e. The molecule has 1 aromatic carbocycles. The summed E-state index contributed by atoms with van der Waals surface area (Å²) >= 11 is 0. The van der Waals surface area contributed by atoms with Gasteiger partial charge in [-0.3, -0.25) is 4.98 Å². The summed E-state index contributed by atoms with van der Waals surface area (Å²) in [7, 11) is 0. The number of nitrogens with zero attached hydrogens (tertiary/aromatic N) is 1. The third kappa shape index (κ3) is 3.31. The highest BCUT2D eigenvalue weighted by Crippen LogP contribution is 2.27. The average Bonchev–Trinajstić information content (AvgIpc) is 2.35. The molecule has 2 N–H and O–H groups in total. The zero-order chi connectivity index (χ0) is 14.1. The van der Waals surface area contributed by atoms with E-state index in [2.05, 4.69) is 31.1 Å². The molecule has 0 bridgehead atoms. The van der Waals surface area contributed by atoms with Crippen LogP contribution >= 0.6 is 0 Å². The van der Waals surface area contributed by atoms with E-state index in [1.165, 1.54) is 0 Å². The van der Waals surface area contributed by atoms with Gasteiger partial charge in [-0.05, 0) is 33.1 Å². The smallest absolute Gasteiger partial charge is 0.101 e. The Balaban J connectivity index is 2.37. The van der Waals surface area contributed by atoms with E-state index in [9.17, 15) is 5.11 Å². The van der Waals surface area contributed by atoms with Gasteiger partial charge >= 0.3 is 0 Å². The van der Waals surface area contributed by atoms with Gasteiger partial charge in [0.05, 0.1) is 0 Å². The molecule has 0 amide bonds. The van der Waals surface area contributed by atoms with Crippen molar-refractivity contribution >= 4 is 10.8 Å². The molecule has 0 saturated heterocycles. The number of aliphatic hydroxyl groups is 1. The topological polar surface area (TPSA) is 45.1 Å². The van der Waals surface area contributed by atoms with Crippen LogP contribution in [-0.2, 0) is 5.60 Å². The molecule has 2 aromatic rings. The van der Waals surface area contributed by atoms with E-state index in [1.807, 2.05) is 37.4 Å². The van der Waals surface area contributed by atoms with Gasteiger partial charge in [0.2, 0.25) is 0 Å². The zero-order valence-corrected chi connectivity index (χ0v) is 12.1. The van der Waals surface area contributed by atoms with Crippen molar-refractivity contribution in [2.45, 2.75) is 38.8 Å². The molecule has 1 atom stereocenters. The minimum Gasteiger partial charge on any atom is -0.384 e. The lowest BCUT2D eigenvalue weighted by Crippen LogP contribution is -2.44. The summed E-state index contributed by atoms with van der Waals surface area (Å²) in [5.74, 6) is 0. The first kappa shape index (κ1) is 14.0. The Labute approximate surface area is 114 Å². The molecule has 1 aromatic heterocycles. The molecule has 0 spiro atoms. The van der Waals surface area contributed by atoms with Crippen LogP contribution in [0.25, 0.3) is 10.8 Å². The first-order valence-corrected chi connectivity index (χ1v) is 6.60. The van der Waals surface area contributed by atoms with E-state index in [4.69, 9.17) is 0 Å². The van der Waals surface area contributed by atoms with Crippen molar-refractivity contribution in [1.29, 1.82) is 0 Å². The second-order valence-corrected chi connectivity index (χ2v) is 6.29. The summed E-state index contributed by atoms with van der Waals surface area (Å²) in [5.41, 5.74) is -0.106. The van der Waals surface area contributed by atoms with Crippen LogP contribution in [-0.4, -0.2) is 22.2 Å². The van der Waals surface area contributed by atoms with Crippen molar-refractivity contribution < 1.29 is 5.11 Å². The maximum absolute atomic E-state index is 10.7. The first-order chi connectivity index (χ1) is 8.80. The number of hydrogen-bond acceptors (Lipinski definition) is 3. The lowest BCUT2D eigenvalue weighted by atomic mass is 9.92. The fourth-order valence-electron chi connectivity index (χ4n) is 2.08. The van der Waals surface area contributed by atoms with Crippen LogP contribution in [0.15, 0.2) is 36.7 Å². The number of benzene rings is 1. The fraction of sp³-hybridized carbons (Fsp3) is 0.438. The van der Waals surface area contributed by atoms with Gasteiger partial charge in [-0.25, -0.2) is 0 Å². The summed E-state index contributed by atoms with van der Waals surface area (Å²) in [6.07, 6.45) is 3.58. The van der Waals surface area contributed by atoms with Gasteiger partial charge in [0.1, 0.15) is 5.60 Å². The van der Waals surface area contributed by atoms with Crippen LogP contribution in [0.3, 0.4) is 0 Å². The quantitative estimate of drug-likeness (QED) is 0.890. The standard InChI is InChI=1S/C16H22N2O/c1-15(2,3)18-11-16(4,19)14-10-17-9-12-7-5-6-8-13(12)14/h5-10,18-19H,11H2,1-4H3. The van der Waals surface area contributed by atoms with Crippen molar-refractivity contribution in [2.24, 2.45) is 0 Å². The normalized spacial score (nSPS) is 15.4. The molecule has 19 heavy (non-hydrogen) atoms. The third-order valence-corrected chi connectivity index (χ3v) is 3.21. The van der Waals surface area contributed by atoms with Gasteiger partial charge in [0, 0.05) is 35.4 Å². The van der Waals surface area contributed by atoms with E-state index in [1.54, 1.807) is 6.20 Å². The number of β-amino-alcohol motifs (C(OH)–C–C–N with tert-alkyl or cyclic N) is 1. The Morgan fingerprint density at radius 1 is 1.11 bits per heavy atom. The molecule has 0 aliphatic carbocycles. The van der Waals surface area contributed by atoms with Crippen molar-refractivity contribution in [2.75, 3.05) is 6.54 Å². The summed E-state index contributed by atoms with van der Waals surface area (Å²) < 4.78 is 0. The van der Waals surface area contributed by atoms with E-state index in [0.29, 0.717) is 6.54 Å². The Morgan fingerprint density at radius 3 is 2.47 bits per heavy atom. The molecular weight excluding hydrogens is 236 g/mol. The molecular formula is C16H22N2O. The predicted molar refractivity (Wildman–Crippen MR) is 79.1 cm³/mol. The maximum Gasteiger partial charge on any atom is 0.101 e. The van der Waals surface area contributed by atoms with Crippen LogP contribution in [0.5, 0.6) is 0 Å². The summed E-state index contributed by atoms with van der Waals surface area (Å²) in [5, 5.41) is 16.2. The molecule has 3 nitrogen and oxygen atoms in total. The third-order valence-electron chi connectivity index (χ3n) is 3.21. The Morgan fingerprint density at radius 2 is 1.79 bits per heavy atom. The molecule has 0 aliphatic rings. The fourth-order valence-corrected chi connectivity index (χ4v) is 2.08. The first-order valence-electron chi connectivity index (χ1n) is 6.60. The van der Waals surface area contributed by atoms with E-state index in [0.717, 1.165) is 16.3 Å². The monoisotopic (exact) mass is 258 g/mol. The Bertz CT molecular complexity index is 565. The van der Waals surface area contributed by atoms with E-state index in [-0.39, 0.29) is 5.54 Å². The number of fused-ring (bicyclic) bond motifs is 1. The molecule has 3 heteroatoms. The van der Waals surface area contributed by atoms with Crippen LogP contribution in [0.4, 0.5) is 0 Å². The highest BCUT2D eigenvalue weighted by atomic mass is 16.3. The minimum absolute atomic E-state index is 0.0258. The van der Waals surface area contributed by atoms with Gasteiger partial charge in [-0.1, -0.05) is 24.3 Å². The second kappa shape index (κ2) is 4.91. The second-order valence-electron chi connectivity index (χ2n) is 6.29. The number of hydrogen-bond donors (Lipinski definition) is 2. The molecule has 1 unspecified atom stereocenters. The summed E-state index contributed by atoms with van der Waals surface area (Å²) in [6, 6.07) is 8.01. The molecule has 1 heterocycles. The SMILES string of the molecule is CC(C)(C)NCC(C)(O)c1cncc2ccccc12. The maximum atomic E-state index is 10.7. The zero-order valence-electron chi connectivity index (χ0n) is 12.1.